The van der Waals surface area contributed by atoms with E-state index in [4.69, 9.17) is 0 Å². The standard InChI is InChI=1S/C14H29NO/c1-4-14(5-2,12-16)11-15(3)13-9-7-6-8-10-13/h13,16H,4-12H2,1-3H3. The molecule has 2 nitrogen and oxygen atoms in total. The Morgan fingerprint density at radius 3 is 2.12 bits per heavy atom. The summed E-state index contributed by atoms with van der Waals surface area (Å²) in [5.74, 6) is 0. The van der Waals surface area contributed by atoms with Crippen molar-refractivity contribution < 1.29 is 5.11 Å². The smallest absolute Gasteiger partial charge is 0.0499 e. The molecule has 1 saturated carbocycles. The van der Waals surface area contributed by atoms with Crippen LogP contribution in [0.4, 0.5) is 0 Å². The van der Waals surface area contributed by atoms with E-state index in [9.17, 15) is 5.11 Å². The van der Waals surface area contributed by atoms with Gasteiger partial charge >= 0.3 is 0 Å². The van der Waals surface area contributed by atoms with Crippen LogP contribution in [-0.2, 0) is 0 Å². The molecule has 1 aliphatic rings. The minimum absolute atomic E-state index is 0.131. The molecule has 0 aromatic rings. The van der Waals surface area contributed by atoms with Crippen LogP contribution in [0.25, 0.3) is 0 Å². The van der Waals surface area contributed by atoms with Crippen molar-refractivity contribution in [2.45, 2.75) is 64.8 Å². The second-order valence-electron chi connectivity index (χ2n) is 5.57. The summed E-state index contributed by atoms with van der Waals surface area (Å²) < 4.78 is 0. The Bertz CT molecular complexity index is 175. The fourth-order valence-corrected chi connectivity index (χ4v) is 2.93. The van der Waals surface area contributed by atoms with Crippen molar-refractivity contribution in [2.24, 2.45) is 5.41 Å². The molecule has 1 aliphatic carbocycles. The Balaban J connectivity index is 2.49. The zero-order valence-corrected chi connectivity index (χ0v) is 11.3. The highest BCUT2D eigenvalue weighted by molar-refractivity contribution is 4.83. The van der Waals surface area contributed by atoms with E-state index < -0.39 is 0 Å². The van der Waals surface area contributed by atoms with Crippen molar-refractivity contribution in [1.82, 2.24) is 4.90 Å². The van der Waals surface area contributed by atoms with Crippen LogP contribution in [0.2, 0.25) is 0 Å². The topological polar surface area (TPSA) is 23.5 Å². The molecule has 0 aromatic heterocycles. The lowest BCUT2D eigenvalue weighted by molar-refractivity contribution is 0.0516. The summed E-state index contributed by atoms with van der Waals surface area (Å²) >= 11 is 0. The second kappa shape index (κ2) is 6.61. The Morgan fingerprint density at radius 2 is 1.69 bits per heavy atom. The van der Waals surface area contributed by atoms with Gasteiger partial charge in [0, 0.05) is 24.6 Å². The fraction of sp³-hybridized carbons (Fsp3) is 1.00. The molecule has 0 aliphatic heterocycles. The third-order valence-electron chi connectivity index (χ3n) is 4.62. The van der Waals surface area contributed by atoms with Gasteiger partial charge in [-0.3, -0.25) is 0 Å². The highest BCUT2D eigenvalue weighted by Crippen LogP contribution is 2.29. The van der Waals surface area contributed by atoms with E-state index in [1.54, 1.807) is 0 Å². The number of hydrogen-bond donors (Lipinski definition) is 1. The van der Waals surface area contributed by atoms with Gasteiger partial charge in [0.1, 0.15) is 0 Å². The van der Waals surface area contributed by atoms with Crippen LogP contribution in [0.5, 0.6) is 0 Å². The van der Waals surface area contributed by atoms with Crippen LogP contribution >= 0.6 is 0 Å². The summed E-state index contributed by atoms with van der Waals surface area (Å²) in [6.45, 7) is 5.79. The average Bonchev–Trinajstić information content (AvgIpc) is 2.37. The van der Waals surface area contributed by atoms with Gasteiger partial charge in [0.05, 0.1) is 0 Å². The predicted molar refractivity (Wildman–Crippen MR) is 69.6 cm³/mol. The zero-order chi connectivity index (χ0) is 12.0. The van der Waals surface area contributed by atoms with Crippen LogP contribution in [-0.4, -0.2) is 36.2 Å². The van der Waals surface area contributed by atoms with Gasteiger partial charge in [0.15, 0.2) is 0 Å². The molecule has 0 unspecified atom stereocenters. The Morgan fingerprint density at radius 1 is 1.12 bits per heavy atom. The van der Waals surface area contributed by atoms with Gasteiger partial charge in [-0.1, -0.05) is 33.1 Å². The summed E-state index contributed by atoms with van der Waals surface area (Å²) in [6.07, 6.45) is 9.06. The molecular formula is C14H29NO. The summed E-state index contributed by atoms with van der Waals surface area (Å²) in [5, 5.41) is 9.60. The summed E-state index contributed by atoms with van der Waals surface area (Å²) in [4.78, 5) is 2.50. The number of nitrogens with zero attached hydrogens (tertiary/aromatic N) is 1. The zero-order valence-electron chi connectivity index (χ0n) is 11.3. The fourth-order valence-electron chi connectivity index (χ4n) is 2.93. The first-order valence-electron chi connectivity index (χ1n) is 6.98. The van der Waals surface area contributed by atoms with E-state index in [0.717, 1.165) is 25.4 Å². The molecular weight excluding hydrogens is 198 g/mol. The van der Waals surface area contributed by atoms with Gasteiger partial charge in [0.2, 0.25) is 0 Å². The van der Waals surface area contributed by atoms with Crippen molar-refractivity contribution >= 4 is 0 Å². The molecule has 1 fully saturated rings. The van der Waals surface area contributed by atoms with Crippen LogP contribution < -0.4 is 0 Å². The molecule has 2 heteroatoms. The highest BCUT2D eigenvalue weighted by atomic mass is 16.3. The van der Waals surface area contributed by atoms with E-state index >= 15 is 0 Å². The van der Waals surface area contributed by atoms with Crippen LogP contribution in [0, 0.1) is 5.41 Å². The maximum Gasteiger partial charge on any atom is 0.0499 e. The molecule has 0 saturated heterocycles. The summed E-state index contributed by atoms with van der Waals surface area (Å²) in [6, 6.07) is 0.762. The lowest BCUT2D eigenvalue weighted by atomic mass is 9.82. The number of aliphatic hydroxyl groups is 1. The minimum Gasteiger partial charge on any atom is -0.396 e. The first-order valence-corrected chi connectivity index (χ1v) is 6.98. The van der Waals surface area contributed by atoms with Crippen molar-refractivity contribution in [3.63, 3.8) is 0 Å². The molecule has 0 amide bonds. The van der Waals surface area contributed by atoms with Gasteiger partial charge in [0.25, 0.3) is 0 Å². The summed E-state index contributed by atoms with van der Waals surface area (Å²) in [5.41, 5.74) is 0.131. The predicted octanol–water partition coefficient (Wildman–Crippen LogP) is 3.05. The monoisotopic (exact) mass is 227 g/mol. The van der Waals surface area contributed by atoms with Crippen molar-refractivity contribution in [3.8, 4) is 0 Å². The average molecular weight is 227 g/mol. The maximum absolute atomic E-state index is 9.60. The lowest BCUT2D eigenvalue weighted by Crippen LogP contribution is -2.43. The molecule has 0 aromatic carbocycles. The van der Waals surface area contributed by atoms with Gasteiger partial charge in [-0.25, -0.2) is 0 Å². The lowest BCUT2D eigenvalue weighted by Gasteiger charge is -2.39. The SMILES string of the molecule is CCC(CC)(CO)CN(C)C1CCCCC1. The molecule has 1 rings (SSSR count). The molecule has 96 valence electrons. The Kier molecular flexibility index (Phi) is 5.77. The second-order valence-corrected chi connectivity index (χ2v) is 5.57. The van der Waals surface area contributed by atoms with E-state index in [2.05, 4.69) is 25.8 Å². The van der Waals surface area contributed by atoms with Crippen LogP contribution in [0.15, 0.2) is 0 Å². The number of hydrogen-bond acceptors (Lipinski definition) is 2. The van der Waals surface area contributed by atoms with E-state index in [1.165, 1.54) is 32.1 Å². The highest BCUT2D eigenvalue weighted by Gasteiger charge is 2.29. The van der Waals surface area contributed by atoms with Gasteiger partial charge < -0.3 is 10.0 Å². The maximum atomic E-state index is 9.60. The molecule has 1 N–H and O–H groups in total. The van der Waals surface area contributed by atoms with E-state index in [-0.39, 0.29) is 5.41 Å². The summed E-state index contributed by atoms with van der Waals surface area (Å²) in [7, 11) is 2.24. The van der Waals surface area contributed by atoms with Crippen molar-refractivity contribution in [2.75, 3.05) is 20.2 Å². The molecule has 0 bridgehead atoms. The quantitative estimate of drug-likeness (QED) is 0.754. The third-order valence-corrected chi connectivity index (χ3v) is 4.62. The molecule has 16 heavy (non-hydrogen) atoms. The van der Waals surface area contributed by atoms with E-state index in [0.29, 0.717) is 6.61 Å². The molecule has 0 heterocycles. The Labute approximate surface area is 101 Å². The van der Waals surface area contributed by atoms with Crippen LogP contribution in [0.1, 0.15) is 58.8 Å². The Hall–Kier alpha value is -0.0800. The van der Waals surface area contributed by atoms with E-state index in [1.807, 2.05) is 0 Å². The van der Waals surface area contributed by atoms with Gasteiger partial charge in [-0.2, -0.15) is 0 Å². The minimum atomic E-state index is 0.131. The van der Waals surface area contributed by atoms with Crippen molar-refractivity contribution in [3.05, 3.63) is 0 Å². The van der Waals surface area contributed by atoms with Crippen molar-refractivity contribution in [1.29, 1.82) is 0 Å². The van der Waals surface area contributed by atoms with Crippen LogP contribution in [0.3, 0.4) is 0 Å². The first-order chi connectivity index (χ1) is 7.67. The largest absolute Gasteiger partial charge is 0.396 e. The number of aliphatic hydroxyl groups excluding tert-OH is 1. The molecule has 0 atom stereocenters. The molecule has 0 radical (unpaired) electrons. The first kappa shape index (κ1) is 14.0. The number of rotatable bonds is 6. The normalized spacial score (nSPS) is 19.3. The molecule has 0 spiro atoms. The van der Waals surface area contributed by atoms with Gasteiger partial charge in [-0.15, -0.1) is 0 Å². The third kappa shape index (κ3) is 3.46. The van der Waals surface area contributed by atoms with Gasteiger partial charge in [-0.05, 0) is 32.7 Å².